The van der Waals surface area contributed by atoms with Crippen LogP contribution in [0, 0.1) is 5.92 Å². The van der Waals surface area contributed by atoms with Gasteiger partial charge in [0.1, 0.15) is 11.5 Å². The Balaban J connectivity index is 1.90. The van der Waals surface area contributed by atoms with Crippen molar-refractivity contribution in [3.63, 3.8) is 0 Å². The van der Waals surface area contributed by atoms with Gasteiger partial charge in [0.2, 0.25) is 0 Å². The molecule has 3 rings (SSSR count). The predicted molar refractivity (Wildman–Crippen MR) is 102 cm³/mol. The first-order valence-electron chi connectivity index (χ1n) is 9.21. The molecule has 1 saturated carbocycles. The lowest BCUT2D eigenvalue weighted by atomic mass is 9.83. The molecule has 0 spiro atoms. The van der Waals surface area contributed by atoms with Crippen molar-refractivity contribution in [1.82, 2.24) is 0 Å². The molecule has 144 valence electrons. The summed E-state index contributed by atoms with van der Waals surface area (Å²) in [7, 11) is 3.18. The molecule has 1 aliphatic rings. The molecule has 0 saturated heterocycles. The average Bonchev–Trinajstić information content (AvgIpc) is 3.20. The summed E-state index contributed by atoms with van der Waals surface area (Å²) < 4.78 is 21.4. The summed E-state index contributed by atoms with van der Waals surface area (Å²) in [6, 6.07) is 15.2. The van der Waals surface area contributed by atoms with Gasteiger partial charge < -0.3 is 18.9 Å². The molecule has 2 aromatic carbocycles. The molecule has 27 heavy (non-hydrogen) atoms. The fraction of sp³-hybridized carbons (Fsp3) is 0.409. The van der Waals surface area contributed by atoms with Crippen molar-refractivity contribution in [3.8, 4) is 11.5 Å². The molecule has 0 N–H and O–H groups in total. The number of Topliss-reactive ketones (excluding diaryl/α,β-unsaturated/α-hetero) is 1. The van der Waals surface area contributed by atoms with Gasteiger partial charge >= 0.3 is 0 Å². The first kappa shape index (κ1) is 19.4. The maximum absolute atomic E-state index is 13.1. The molecule has 0 radical (unpaired) electrons. The third kappa shape index (κ3) is 4.67. The van der Waals surface area contributed by atoms with E-state index in [1.165, 1.54) is 0 Å². The van der Waals surface area contributed by atoms with E-state index in [0.29, 0.717) is 5.75 Å². The van der Waals surface area contributed by atoms with Crippen LogP contribution in [0.1, 0.15) is 41.1 Å². The van der Waals surface area contributed by atoms with Crippen molar-refractivity contribution in [2.24, 2.45) is 5.92 Å². The molecule has 0 bridgehead atoms. The van der Waals surface area contributed by atoms with Crippen LogP contribution >= 0.6 is 0 Å². The Bertz CT molecular complexity index is 744. The molecule has 0 aliphatic heterocycles. The predicted octanol–water partition coefficient (Wildman–Crippen LogP) is 4.42. The number of carbonyl (C=O) groups is 1. The van der Waals surface area contributed by atoms with Crippen molar-refractivity contribution in [2.75, 3.05) is 27.8 Å². The van der Waals surface area contributed by atoms with Gasteiger partial charge in [-0.25, -0.2) is 0 Å². The summed E-state index contributed by atoms with van der Waals surface area (Å²) in [5.41, 5.74) is 1.76. The van der Waals surface area contributed by atoms with Crippen LogP contribution in [0.2, 0.25) is 0 Å². The Hall–Kier alpha value is -2.37. The maximum atomic E-state index is 13.1. The van der Waals surface area contributed by atoms with E-state index < -0.39 is 0 Å². The normalized spacial score (nSPS) is 19.0. The third-order valence-corrected chi connectivity index (χ3v) is 4.97. The van der Waals surface area contributed by atoms with Crippen LogP contribution in [0.15, 0.2) is 48.5 Å². The Kier molecular flexibility index (Phi) is 6.85. The topological polar surface area (TPSA) is 54.0 Å². The highest BCUT2D eigenvalue weighted by Gasteiger charge is 2.36. The second kappa shape index (κ2) is 9.53. The van der Waals surface area contributed by atoms with Gasteiger partial charge in [0.15, 0.2) is 19.4 Å². The lowest BCUT2D eigenvalue weighted by Gasteiger charge is -2.22. The van der Waals surface area contributed by atoms with E-state index in [2.05, 4.69) is 0 Å². The van der Waals surface area contributed by atoms with E-state index in [-0.39, 0.29) is 31.2 Å². The number of ether oxygens (including phenoxy) is 4. The van der Waals surface area contributed by atoms with Crippen molar-refractivity contribution in [2.45, 2.75) is 25.2 Å². The molecule has 5 heteroatoms. The van der Waals surface area contributed by atoms with Gasteiger partial charge in [0.05, 0.1) is 0 Å². The fourth-order valence-electron chi connectivity index (χ4n) is 3.75. The van der Waals surface area contributed by atoms with Crippen molar-refractivity contribution < 1.29 is 23.7 Å². The third-order valence-electron chi connectivity index (χ3n) is 4.97. The van der Waals surface area contributed by atoms with Crippen LogP contribution in [0.4, 0.5) is 0 Å². The molecule has 2 atom stereocenters. The molecule has 0 amide bonds. The van der Waals surface area contributed by atoms with Crippen LogP contribution < -0.4 is 9.47 Å². The Morgan fingerprint density at radius 3 is 2.44 bits per heavy atom. The monoisotopic (exact) mass is 370 g/mol. The first-order valence-corrected chi connectivity index (χ1v) is 9.21. The molecule has 5 nitrogen and oxygen atoms in total. The Labute approximate surface area is 160 Å². The van der Waals surface area contributed by atoms with Gasteiger partial charge in [-0.15, -0.1) is 0 Å². The largest absolute Gasteiger partial charge is 0.468 e. The highest BCUT2D eigenvalue weighted by molar-refractivity contribution is 5.98. The second-order valence-corrected chi connectivity index (χ2v) is 6.68. The van der Waals surface area contributed by atoms with Gasteiger partial charge in [-0.1, -0.05) is 36.8 Å². The molecular formula is C22H26O5. The van der Waals surface area contributed by atoms with Crippen molar-refractivity contribution in [3.05, 3.63) is 59.7 Å². The summed E-state index contributed by atoms with van der Waals surface area (Å²) in [6.45, 7) is 0.337. The molecule has 1 fully saturated rings. The molecular weight excluding hydrogens is 344 g/mol. The molecule has 0 heterocycles. The number of benzene rings is 2. The summed E-state index contributed by atoms with van der Waals surface area (Å²) in [5, 5.41) is 0. The Morgan fingerprint density at radius 1 is 0.963 bits per heavy atom. The van der Waals surface area contributed by atoms with E-state index in [1.54, 1.807) is 14.2 Å². The minimum Gasteiger partial charge on any atom is -0.468 e. The molecule has 0 aromatic heterocycles. The average molecular weight is 370 g/mol. The van der Waals surface area contributed by atoms with Gasteiger partial charge in [0, 0.05) is 31.3 Å². The zero-order valence-electron chi connectivity index (χ0n) is 15.9. The number of hydrogen-bond acceptors (Lipinski definition) is 5. The van der Waals surface area contributed by atoms with Crippen molar-refractivity contribution >= 4 is 5.78 Å². The van der Waals surface area contributed by atoms with Gasteiger partial charge in [-0.2, -0.15) is 0 Å². The summed E-state index contributed by atoms with van der Waals surface area (Å²) in [5.74, 6) is 1.67. The standard InChI is InChI=1S/C22H26O5/c1-24-14-26-17-11-12-21(27-15-25-2)20(13-17)18-9-6-10-19(18)22(23)16-7-4-3-5-8-16/h3-5,7-8,11-13,18-19H,6,9-10,14-15H2,1-2H3. The van der Waals surface area contributed by atoms with Crippen LogP contribution in [0.3, 0.4) is 0 Å². The summed E-state index contributed by atoms with van der Waals surface area (Å²) >= 11 is 0. The summed E-state index contributed by atoms with van der Waals surface area (Å²) in [6.07, 6.45) is 2.84. The number of rotatable bonds is 9. The van der Waals surface area contributed by atoms with Gasteiger partial charge in [-0.3, -0.25) is 4.79 Å². The molecule has 2 aromatic rings. The minimum absolute atomic E-state index is 0.0602. The zero-order chi connectivity index (χ0) is 19.1. The van der Waals surface area contributed by atoms with Gasteiger partial charge in [-0.05, 0) is 37.0 Å². The quantitative estimate of drug-likeness (QED) is 0.483. The number of methoxy groups -OCH3 is 2. The van der Waals surface area contributed by atoms with E-state index in [1.807, 2.05) is 48.5 Å². The summed E-state index contributed by atoms with van der Waals surface area (Å²) in [4.78, 5) is 13.1. The minimum atomic E-state index is -0.0602. The Morgan fingerprint density at radius 2 is 1.70 bits per heavy atom. The van der Waals surface area contributed by atoms with Crippen LogP contribution in [0.25, 0.3) is 0 Å². The first-order chi connectivity index (χ1) is 13.2. The van der Waals surface area contributed by atoms with Crippen LogP contribution in [0.5, 0.6) is 11.5 Å². The maximum Gasteiger partial charge on any atom is 0.188 e. The van der Waals surface area contributed by atoms with E-state index >= 15 is 0 Å². The fourth-order valence-corrected chi connectivity index (χ4v) is 3.75. The van der Waals surface area contributed by atoms with Crippen LogP contribution in [-0.4, -0.2) is 33.6 Å². The number of hydrogen-bond donors (Lipinski definition) is 0. The SMILES string of the molecule is COCOc1ccc(OCOC)c(C2CCCC2C(=O)c2ccccc2)c1. The van der Waals surface area contributed by atoms with E-state index in [4.69, 9.17) is 18.9 Å². The second-order valence-electron chi connectivity index (χ2n) is 6.68. The molecule has 1 aliphatic carbocycles. The van der Waals surface area contributed by atoms with E-state index in [0.717, 1.165) is 36.1 Å². The van der Waals surface area contributed by atoms with Crippen molar-refractivity contribution in [1.29, 1.82) is 0 Å². The number of carbonyl (C=O) groups excluding carboxylic acids is 1. The highest BCUT2D eigenvalue weighted by atomic mass is 16.7. The van der Waals surface area contributed by atoms with Gasteiger partial charge in [0.25, 0.3) is 0 Å². The highest BCUT2D eigenvalue weighted by Crippen LogP contribution is 2.45. The number of ketones is 1. The zero-order valence-corrected chi connectivity index (χ0v) is 15.9. The van der Waals surface area contributed by atoms with Crippen LogP contribution in [-0.2, 0) is 9.47 Å². The lowest BCUT2D eigenvalue weighted by molar-refractivity contribution is 0.0473. The van der Waals surface area contributed by atoms with E-state index in [9.17, 15) is 4.79 Å². The molecule has 2 unspecified atom stereocenters. The lowest BCUT2D eigenvalue weighted by Crippen LogP contribution is -2.19. The smallest absolute Gasteiger partial charge is 0.188 e.